The topological polar surface area (TPSA) is 57.6 Å². The maximum Gasteiger partial charge on any atom is 0.268 e. The van der Waals surface area contributed by atoms with Crippen LogP contribution in [0.25, 0.3) is 0 Å². The first-order chi connectivity index (χ1) is 13.0. The largest absolute Gasteiger partial charge is 0.368 e. The second-order valence-electron chi connectivity index (χ2n) is 6.36. The van der Waals surface area contributed by atoms with Gasteiger partial charge in [0.05, 0.1) is 6.54 Å². The third-order valence-electron chi connectivity index (χ3n) is 4.66. The van der Waals surface area contributed by atoms with Gasteiger partial charge in [-0.1, -0.05) is 11.6 Å². The van der Waals surface area contributed by atoms with Crippen molar-refractivity contribution in [3.63, 3.8) is 0 Å². The lowest BCUT2D eigenvalue weighted by molar-refractivity contribution is -0.130. The molecule has 1 N–H and O–H groups in total. The number of carbonyl (C=O) groups excluding carboxylic acids is 2. The van der Waals surface area contributed by atoms with E-state index in [0.717, 1.165) is 23.2 Å². The van der Waals surface area contributed by atoms with Crippen molar-refractivity contribution in [2.24, 2.45) is 0 Å². The quantitative estimate of drug-likeness (QED) is 0.757. The minimum Gasteiger partial charge on any atom is -0.368 e. The summed E-state index contributed by atoms with van der Waals surface area (Å²) in [5.41, 5.74) is 1.65. The Morgan fingerprint density at radius 1 is 1.15 bits per heavy atom. The number of carbonyl (C=O) groups is 2. The second-order valence-corrected chi connectivity index (χ2v) is 7.71. The molecule has 1 saturated heterocycles. The van der Waals surface area contributed by atoms with Gasteiger partial charge in [-0.05, 0) is 53.2 Å². The summed E-state index contributed by atoms with van der Waals surface area (Å²) < 4.78 is 2.69. The van der Waals surface area contributed by atoms with Crippen LogP contribution in [0.1, 0.15) is 17.4 Å². The number of rotatable bonds is 5. The number of nitrogens with one attached hydrogen (secondary N) is 1. The van der Waals surface area contributed by atoms with E-state index in [9.17, 15) is 9.59 Å². The van der Waals surface area contributed by atoms with E-state index in [0.29, 0.717) is 30.4 Å². The van der Waals surface area contributed by atoms with Gasteiger partial charge >= 0.3 is 0 Å². The van der Waals surface area contributed by atoms with Gasteiger partial charge in [-0.3, -0.25) is 9.59 Å². The fraction of sp³-hybridized carbons (Fsp3) is 0.368. The summed E-state index contributed by atoms with van der Waals surface area (Å²) in [6.07, 6.45) is 1.85. The van der Waals surface area contributed by atoms with Crippen LogP contribution in [0.4, 0.5) is 5.69 Å². The lowest BCUT2D eigenvalue weighted by Crippen LogP contribution is -2.51. The highest BCUT2D eigenvalue weighted by Crippen LogP contribution is 2.19. The molecule has 0 radical (unpaired) electrons. The van der Waals surface area contributed by atoms with Gasteiger partial charge in [0.1, 0.15) is 5.69 Å². The van der Waals surface area contributed by atoms with Gasteiger partial charge in [-0.25, -0.2) is 0 Å². The second kappa shape index (κ2) is 8.80. The van der Waals surface area contributed by atoms with Gasteiger partial charge in [0.15, 0.2) is 0 Å². The van der Waals surface area contributed by atoms with Crippen molar-refractivity contribution in [3.8, 4) is 0 Å². The van der Waals surface area contributed by atoms with E-state index in [1.807, 2.05) is 42.0 Å². The standard InChI is InChI=1S/C19H22BrClN4O2/c1-2-23-13-14(20)11-17(23)19(27)22-12-18(26)25-9-7-24(8-10-25)16-5-3-15(21)4-6-16/h3-6,11,13H,2,7-10,12H2,1H3,(H,22,27). The van der Waals surface area contributed by atoms with Crippen molar-refractivity contribution in [2.45, 2.75) is 13.5 Å². The molecule has 1 fully saturated rings. The third-order valence-corrected chi connectivity index (χ3v) is 5.35. The van der Waals surface area contributed by atoms with Crippen molar-refractivity contribution in [1.82, 2.24) is 14.8 Å². The Hall–Kier alpha value is -1.99. The highest BCUT2D eigenvalue weighted by Gasteiger charge is 2.22. The van der Waals surface area contributed by atoms with Crippen LogP contribution in [0.3, 0.4) is 0 Å². The molecular formula is C19H22BrClN4O2. The fourth-order valence-electron chi connectivity index (χ4n) is 3.15. The molecule has 1 aliphatic rings. The molecule has 1 aliphatic heterocycles. The Labute approximate surface area is 172 Å². The summed E-state index contributed by atoms with van der Waals surface area (Å²) in [5, 5.41) is 3.45. The first-order valence-corrected chi connectivity index (χ1v) is 10.1. The van der Waals surface area contributed by atoms with E-state index in [1.54, 1.807) is 11.0 Å². The number of halogens is 2. The Morgan fingerprint density at radius 3 is 2.44 bits per heavy atom. The predicted molar refractivity (Wildman–Crippen MR) is 110 cm³/mol. The Kier molecular flexibility index (Phi) is 6.44. The van der Waals surface area contributed by atoms with E-state index in [-0.39, 0.29) is 18.4 Å². The first kappa shape index (κ1) is 19.8. The number of anilines is 1. The molecule has 144 valence electrons. The summed E-state index contributed by atoms with van der Waals surface area (Å²) in [7, 11) is 0. The van der Waals surface area contributed by atoms with Crippen LogP contribution >= 0.6 is 27.5 Å². The number of hydrogen-bond acceptors (Lipinski definition) is 3. The first-order valence-electron chi connectivity index (χ1n) is 8.90. The summed E-state index contributed by atoms with van der Waals surface area (Å²) in [6.45, 7) is 5.44. The number of aryl methyl sites for hydroxylation is 1. The van der Waals surface area contributed by atoms with Crippen LogP contribution in [-0.2, 0) is 11.3 Å². The van der Waals surface area contributed by atoms with Crippen molar-refractivity contribution in [3.05, 3.63) is 51.7 Å². The van der Waals surface area contributed by atoms with Gasteiger partial charge in [0.2, 0.25) is 5.91 Å². The molecule has 0 spiro atoms. The molecule has 1 aromatic carbocycles. The van der Waals surface area contributed by atoms with E-state index in [4.69, 9.17) is 11.6 Å². The number of benzene rings is 1. The maximum atomic E-state index is 12.4. The monoisotopic (exact) mass is 452 g/mol. The van der Waals surface area contributed by atoms with E-state index >= 15 is 0 Å². The molecule has 3 rings (SSSR count). The molecule has 2 aromatic rings. The molecule has 8 heteroatoms. The minimum absolute atomic E-state index is 0.00624. The van der Waals surface area contributed by atoms with Crippen LogP contribution in [0.2, 0.25) is 5.02 Å². The molecule has 27 heavy (non-hydrogen) atoms. The van der Waals surface area contributed by atoms with E-state index in [1.165, 1.54) is 0 Å². The molecule has 0 bridgehead atoms. The van der Waals surface area contributed by atoms with Gasteiger partial charge in [0.25, 0.3) is 5.91 Å². The van der Waals surface area contributed by atoms with Crippen molar-refractivity contribution in [2.75, 3.05) is 37.6 Å². The maximum absolute atomic E-state index is 12.4. The van der Waals surface area contributed by atoms with Crippen molar-refractivity contribution < 1.29 is 9.59 Å². The molecule has 2 heterocycles. The van der Waals surface area contributed by atoms with Crippen LogP contribution in [0, 0.1) is 0 Å². The fourth-order valence-corrected chi connectivity index (χ4v) is 3.74. The number of hydrogen-bond donors (Lipinski definition) is 1. The zero-order valence-corrected chi connectivity index (χ0v) is 17.5. The Bertz CT molecular complexity index is 814. The molecule has 2 amide bonds. The zero-order chi connectivity index (χ0) is 19.4. The van der Waals surface area contributed by atoms with Gasteiger partial charge < -0.3 is 19.7 Å². The van der Waals surface area contributed by atoms with E-state index < -0.39 is 0 Å². The molecule has 0 aliphatic carbocycles. The van der Waals surface area contributed by atoms with Crippen LogP contribution < -0.4 is 10.2 Å². The summed E-state index contributed by atoms with van der Waals surface area (Å²) in [4.78, 5) is 28.8. The van der Waals surface area contributed by atoms with Gasteiger partial charge in [-0.2, -0.15) is 0 Å². The number of aromatic nitrogens is 1. The lowest BCUT2D eigenvalue weighted by Gasteiger charge is -2.36. The Balaban J connectivity index is 1.49. The molecule has 6 nitrogen and oxygen atoms in total. The normalized spacial score (nSPS) is 14.3. The number of amides is 2. The molecule has 0 unspecified atom stereocenters. The SMILES string of the molecule is CCn1cc(Br)cc1C(=O)NCC(=O)N1CCN(c2ccc(Cl)cc2)CC1. The summed E-state index contributed by atoms with van der Waals surface area (Å²) >= 11 is 9.31. The summed E-state index contributed by atoms with van der Waals surface area (Å²) in [6, 6.07) is 9.47. The van der Waals surface area contributed by atoms with Crippen LogP contribution in [-0.4, -0.2) is 54.0 Å². The number of nitrogens with zero attached hydrogens (tertiary/aromatic N) is 3. The molecule has 0 atom stereocenters. The van der Waals surface area contributed by atoms with Crippen molar-refractivity contribution >= 4 is 45.0 Å². The van der Waals surface area contributed by atoms with E-state index in [2.05, 4.69) is 26.1 Å². The summed E-state index contributed by atoms with van der Waals surface area (Å²) in [5.74, 6) is -0.302. The smallest absolute Gasteiger partial charge is 0.268 e. The van der Waals surface area contributed by atoms with Crippen molar-refractivity contribution in [1.29, 1.82) is 0 Å². The highest BCUT2D eigenvalue weighted by atomic mass is 79.9. The lowest BCUT2D eigenvalue weighted by atomic mass is 10.2. The average molecular weight is 454 g/mol. The van der Waals surface area contributed by atoms with Gasteiger partial charge in [0, 0.05) is 54.1 Å². The highest BCUT2D eigenvalue weighted by molar-refractivity contribution is 9.10. The molecule has 0 saturated carbocycles. The average Bonchev–Trinajstić information content (AvgIpc) is 3.07. The Morgan fingerprint density at radius 2 is 1.81 bits per heavy atom. The van der Waals surface area contributed by atoms with Crippen LogP contribution in [0.15, 0.2) is 41.0 Å². The predicted octanol–water partition coefficient (Wildman–Crippen LogP) is 3.00. The molecular weight excluding hydrogens is 432 g/mol. The zero-order valence-electron chi connectivity index (χ0n) is 15.1. The van der Waals surface area contributed by atoms with Crippen LogP contribution in [0.5, 0.6) is 0 Å². The van der Waals surface area contributed by atoms with Gasteiger partial charge in [-0.15, -0.1) is 0 Å². The molecule has 1 aromatic heterocycles. The third kappa shape index (κ3) is 4.84. The number of piperazine rings is 1. The minimum atomic E-state index is -0.240.